The van der Waals surface area contributed by atoms with Crippen molar-refractivity contribution in [3.63, 3.8) is 0 Å². The highest BCUT2D eigenvalue weighted by atomic mass is 15.0. The first-order valence-corrected chi connectivity index (χ1v) is 4.06. The lowest BCUT2D eigenvalue weighted by atomic mass is 9.99. The lowest BCUT2D eigenvalue weighted by molar-refractivity contribution is 0.374. The summed E-state index contributed by atoms with van der Waals surface area (Å²) in [5.74, 6) is 2.64. The average molecular weight is 158 g/mol. The van der Waals surface area contributed by atoms with Crippen LogP contribution in [-0.2, 0) is 0 Å². The van der Waals surface area contributed by atoms with Crippen LogP contribution in [-0.4, -0.2) is 11.5 Å². The van der Waals surface area contributed by atoms with Crippen molar-refractivity contribution in [3.05, 3.63) is 29.6 Å². The molecule has 60 valence electrons. The SMILES string of the molecule is C#Cc1cccnc1C1CCN1. The van der Waals surface area contributed by atoms with E-state index in [0.29, 0.717) is 6.04 Å². The Kier molecular flexibility index (Phi) is 1.81. The molecule has 1 unspecified atom stereocenters. The molecule has 0 aromatic carbocycles. The van der Waals surface area contributed by atoms with Crippen LogP contribution in [0.15, 0.2) is 18.3 Å². The maximum absolute atomic E-state index is 5.35. The van der Waals surface area contributed by atoms with Gasteiger partial charge in [0, 0.05) is 11.8 Å². The van der Waals surface area contributed by atoms with Crippen molar-refractivity contribution in [2.24, 2.45) is 0 Å². The van der Waals surface area contributed by atoms with Gasteiger partial charge in [0.25, 0.3) is 0 Å². The van der Waals surface area contributed by atoms with Gasteiger partial charge in [0.05, 0.1) is 11.7 Å². The van der Waals surface area contributed by atoms with E-state index in [1.807, 2.05) is 12.1 Å². The molecule has 2 heterocycles. The normalized spacial score (nSPS) is 21.1. The maximum atomic E-state index is 5.35. The quantitative estimate of drug-likeness (QED) is 0.619. The highest BCUT2D eigenvalue weighted by molar-refractivity contribution is 5.37. The first-order chi connectivity index (χ1) is 5.92. The fourth-order valence-electron chi connectivity index (χ4n) is 1.34. The Hall–Kier alpha value is -1.33. The molecule has 1 aliphatic heterocycles. The molecule has 0 bridgehead atoms. The predicted molar refractivity (Wildman–Crippen MR) is 47.5 cm³/mol. The largest absolute Gasteiger partial charge is 0.308 e. The lowest BCUT2D eigenvalue weighted by Crippen LogP contribution is -2.36. The van der Waals surface area contributed by atoms with E-state index in [1.54, 1.807) is 6.20 Å². The van der Waals surface area contributed by atoms with Crippen LogP contribution in [0.2, 0.25) is 0 Å². The zero-order valence-electron chi connectivity index (χ0n) is 6.75. The highest BCUT2D eigenvalue weighted by Crippen LogP contribution is 2.22. The van der Waals surface area contributed by atoms with E-state index in [0.717, 1.165) is 24.2 Å². The van der Waals surface area contributed by atoms with Gasteiger partial charge < -0.3 is 5.32 Å². The number of nitrogens with zero attached hydrogens (tertiary/aromatic N) is 1. The summed E-state index contributed by atoms with van der Waals surface area (Å²) in [5, 5.41) is 3.28. The zero-order valence-corrected chi connectivity index (χ0v) is 6.75. The Labute approximate surface area is 72.0 Å². The topological polar surface area (TPSA) is 24.9 Å². The number of pyridine rings is 1. The summed E-state index contributed by atoms with van der Waals surface area (Å²) in [4.78, 5) is 4.27. The predicted octanol–water partition coefficient (Wildman–Crippen LogP) is 1.10. The van der Waals surface area contributed by atoms with Crippen LogP contribution in [0.25, 0.3) is 0 Å². The van der Waals surface area contributed by atoms with Crippen molar-refractivity contribution >= 4 is 0 Å². The van der Waals surface area contributed by atoms with Crippen LogP contribution >= 0.6 is 0 Å². The molecular weight excluding hydrogens is 148 g/mol. The number of aromatic nitrogens is 1. The molecule has 1 N–H and O–H groups in total. The van der Waals surface area contributed by atoms with Gasteiger partial charge in [0.1, 0.15) is 0 Å². The van der Waals surface area contributed by atoms with Crippen LogP contribution < -0.4 is 5.32 Å². The van der Waals surface area contributed by atoms with Gasteiger partial charge in [-0.3, -0.25) is 4.98 Å². The molecular formula is C10H10N2. The second-order valence-electron chi connectivity index (χ2n) is 2.88. The molecule has 0 spiro atoms. The van der Waals surface area contributed by atoms with Crippen molar-refractivity contribution in [2.75, 3.05) is 6.54 Å². The van der Waals surface area contributed by atoms with Gasteiger partial charge in [0.15, 0.2) is 0 Å². The molecule has 0 aliphatic carbocycles. The maximum Gasteiger partial charge on any atom is 0.0729 e. The molecule has 12 heavy (non-hydrogen) atoms. The summed E-state index contributed by atoms with van der Waals surface area (Å²) in [6.45, 7) is 1.07. The Bertz CT molecular complexity index is 321. The monoisotopic (exact) mass is 158 g/mol. The molecule has 0 saturated carbocycles. The Morgan fingerprint density at radius 1 is 1.67 bits per heavy atom. The Morgan fingerprint density at radius 2 is 2.50 bits per heavy atom. The number of terminal acetylenes is 1. The van der Waals surface area contributed by atoms with Crippen LogP contribution in [0.4, 0.5) is 0 Å². The van der Waals surface area contributed by atoms with Gasteiger partial charge in [-0.2, -0.15) is 0 Å². The van der Waals surface area contributed by atoms with Crippen molar-refractivity contribution < 1.29 is 0 Å². The zero-order chi connectivity index (χ0) is 8.39. The minimum Gasteiger partial charge on any atom is -0.308 e. The van der Waals surface area contributed by atoms with E-state index >= 15 is 0 Å². The van der Waals surface area contributed by atoms with Gasteiger partial charge in [-0.15, -0.1) is 6.42 Å². The Balaban J connectivity index is 2.35. The van der Waals surface area contributed by atoms with Crippen molar-refractivity contribution in [3.8, 4) is 12.3 Å². The lowest BCUT2D eigenvalue weighted by Gasteiger charge is -2.27. The van der Waals surface area contributed by atoms with E-state index in [9.17, 15) is 0 Å². The van der Waals surface area contributed by atoms with E-state index in [2.05, 4.69) is 16.2 Å². The van der Waals surface area contributed by atoms with Gasteiger partial charge in [-0.25, -0.2) is 0 Å². The van der Waals surface area contributed by atoms with Crippen LogP contribution in [0, 0.1) is 12.3 Å². The second-order valence-corrected chi connectivity index (χ2v) is 2.88. The molecule has 2 heteroatoms. The number of hydrogen-bond acceptors (Lipinski definition) is 2. The third kappa shape index (κ3) is 1.09. The first kappa shape index (κ1) is 7.33. The fraction of sp³-hybridized carbons (Fsp3) is 0.300. The third-order valence-electron chi connectivity index (χ3n) is 2.15. The van der Waals surface area contributed by atoms with Crippen LogP contribution in [0.5, 0.6) is 0 Å². The summed E-state index contributed by atoms with van der Waals surface area (Å²) in [6.07, 6.45) is 8.28. The summed E-state index contributed by atoms with van der Waals surface area (Å²) in [5.41, 5.74) is 1.93. The molecule has 0 radical (unpaired) electrons. The van der Waals surface area contributed by atoms with Crippen molar-refractivity contribution in [2.45, 2.75) is 12.5 Å². The van der Waals surface area contributed by atoms with E-state index in [4.69, 9.17) is 6.42 Å². The molecule has 1 aromatic rings. The van der Waals surface area contributed by atoms with Gasteiger partial charge in [-0.1, -0.05) is 5.92 Å². The molecule has 1 saturated heterocycles. The van der Waals surface area contributed by atoms with Crippen molar-refractivity contribution in [1.82, 2.24) is 10.3 Å². The Morgan fingerprint density at radius 3 is 3.08 bits per heavy atom. The standard InChI is InChI=1S/C10H10N2/c1-2-8-4-3-6-12-10(8)9-5-7-11-9/h1,3-4,6,9,11H,5,7H2. The number of hydrogen-bond donors (Lipinski definition) is 1. The summed E-state index contributed by atoms with van der Waals surface area (Å²) >= 11 is 0. The second kappa shape index (κ2) is 2.96. The molecule has 2 rings (SSSR count). The van der Waals surface area contributed by atoms with Gasteiger partial charge >= 0.3 is 0 Å². The van der Waals surface area contributed by atoms with E-state index < -0.39 is 0 Å². The van der Waals surface area contributed by atoms with Gasteiger partial charge in [-0.05, 0) is 25.1 Å². The molecule has 0 amide bonds. The summed E-state index contributed by atoms with van der Waals surface area (Å²) in [7, 11) is 0. The molecule has 1 atom stereocenters. The number of rotatable bonds is 1. The van der Waals surface area contributed by atoms with Gasteiger partial charge in [0.2, 0.25) is 0 Å². The van der Waals surface area contributed by atoms with E-state index in [1.165, 1.54) is 0 Å². The average Bonchev–Trinajstić information content (AvgIpc) is 2.02. The smallest absolute Gasteiger partial charge is 0.0729 e. The summed E-state index contributed by atoms with van der Waals surface area (Å²) < 4.78 is 0. The third-order valence-corrected chi connectivity index (χ3v) is 2.15. The molecule has 1 fully saturated rings. The number of nitrogens with one attached hydrogen (secondary N) is 1. The fourth-order valence-corrected chi connectivity index (χ4v) is 1.34. The molecule has 1 aromatic heterocycles. The molecule has 1 aliphatic rings. The molecule has 2 nitrogen and oxygen atoms in total. The van der Waals surface area contributed by atoms with Crippen LogP contribution in [0.1, 0.15) is 23.7 Å². The minimum atomic E-state index is 0.386. The van der Waals surface area contributed by atoms with E-state index in [-0.39, 0.29) is 0 Å². The van der Waals surface area contributed by atoms with Crippen LogP contribution in [0.3, 0.4) is 0 Å². The first-order valence-electron chi connectivity index (χ1n) is 4.06. The summed E-state index contributed by atoms with van der Waals surface area (Å²) in [6, 6.07) is 4.19. The van der Waals surface area contributed by atoms with Crippen molar-refractivity contribution in [1.29, 1.82) is 0 Å². The minimum absolute atomic E-state index is 0.386. The highest BCUT2D eigenvalue weighted by Gasteiger charge is 2.21.